The molecule has 0 unspecified atom stereocenters. The van der Waals surface area contributed by atoms with Gasteiger partial charge in [-0.05, 0) is 48.7 Å². The molecule has 0 fully saturated rings. The van der Waals surface area contributed by atoms with Crippen molar-refractivity contribution in [1.82, 2.24) is 0 Å². The highest BCUT2D eigenvalue weighted by Gasteiger charge is 2.08. The van der Waals surface area contributed by atoms with Gasteiger partial charge in [-0.1, -0.05) is 19.1 Å². The van der Waals surface area contributed by atoms with E-state index < -0.39 is 0 Å². The van der Waals surface area contributed by atoms with Crippen LogP contribution in [0.1, 0.15) is 18.1 Å². The van der Waals surface area contributed by atoms with E-state index in [0.717, 1.165) is 17.5 Å². The Morgan fingerprint density at radius 2 is 1.56 bits per heavy atom. The molecule has 0 aliphatic carbocycles. The van der Waals surface area contributed by atoms with Gasteiger partial charge in [0.1, 0.15) is 0 Å². The van der Waals surface area contributed by atoms with E-state index >= 15 is 0 Å². The molecule has 0 spiro atoms. The standard InChI is InChI=1S/C15H16O3/c1-3-11-5-7-15(13(17)9-11)18-14-6-4-10(2)8-12(14)16/h4-9,16-17H,3H2,1-2H3. The maximum Gasteiger partial charge on any atom is 0.169 e. The van der Waals surface area contributed by atoms with Crippen molar-refractivity contribution in [1.29, 1.82) is 0 Å². The third kappa shape index (κ3) is 2.56. The molecule has 94 valence electrons. The van der Waals surface area contributed by atoms with Crippen LogP contribution in [-0.4, -0.2) is 10.2 Å². The van der Waals surface area contributed by atoms with E-state index in [0.29, 0.717) is 11.5 Å². The number of aromatic hydroxyl groups is 2. The fraction of sp³-hybridized carbons (Fsp3) is 0.200. The minimum Gasteiger partial charge on any atom is -0.504 e. The molecule has 0 aromatic heterocycles. The average Bonchev–Trinajstić information content (AvgIpc) is 2.34. The Labute approximate surface area is 106 Å². The lowest BCUT2D eigenvalue weighted by Crippen LogP contribution is -1.88. The van der Waals surface area contributed by atoms with Crippen LogP contribution in [-0.2, 0) is 6.42 Å². The highest BCUT2D eigenvalue weighted by atomic mass is 16.5. The van der Waals surface area contributed by atoms with Gasteiger partial charge in [0.05, 0.1) is 0 Å². The largest absolute Gasteiger partial charge is 0.504 e. The van der Waals surface area contributed by atoms with Crippen LogP contribution in [0.3, 0.4) is 0 Å². The highest BCUT2D eigenvalue weighted by Crippen LogP contribution is 2.36. The molecule has 18 heavy (non-hydrogen) atoms. The zero-order valence-corrected chi connectivity index (χ0v) is 10.5. The first kappa shape index (κ1) is 12.3. The summed E-state index contributed by atoms with van der Waals surface area (Å²) in [6.45, 7) is 3.90. The lowest BCUT2D eigenvalue weighted by Gasteiger charge is -2.10. The van der Waals surface area contributed by atoms with Crippen molar-refractivity contribution in [3.8, 4) is 23.0 Å². The molecule has 2 aromatic rings. The fourth-order valence-corrected chi connectivity index (χ4v) is 1.70. The van der Waals surface area contributed by atoms with Gasteiger partial charge in [0.15, 0.2) is 23.0 Å². The van der Waals surface area contributed by atoms with Crippen molar-refractivity contribution in [3.05, 3.63) is 47.5 Å². The highest BCUT2D eigenvalue weighted by molar-refractivity contribution is 5.48. The number of rotatable bonds is 3. The van der Waals surface area contributed by atoms with Crippen LogP contribution in [0.15, 0.2) is 36.4 Å². The van der Waals surface area contributed by atoms with Crippen LogP contribution in [0.5, 0.6) is 23.0 Å². The van der Waals surface area contributed by atoms with E-state index in [9.17, 15) is 10.2 Å². The quantitative estimate of drug-likeness (QED) is 0.864. The smallest absolute Gasteiger partial charge is 0.169 e. The molecule has 0 heterocycles. The van der Waals surface area contributed by atoms with E-state index in [1.54, 1.807) is 24.3 Å². The summed E-state index contributed by atoms with van der Waals surface area (Å²) >= 11 is 0. The van der Waals surface area contributed by atoms with Gasteiger partial charge >= 0.3 is 0 Å². The Morgan fingerprint density at radius 1 is 0.944 bits per heavy atom. The molecule has 0 saturated carbocycles. The van der Waals surface area contributed by atoms with Crippen molar-refractivity contribution in [2.45, 2.75) is 20.3 Å². The molecular weight excluding hydrogens is 228 g/mol. The molecule has 0 aliphatic heterocycles. The fourth-order valence-electron chi connectivity index (χ4n) is 1.70. The van der Waals surface area contributed by atoms with Crippen LogP contribution >= 0.6 is 0 Å². The predicted octanol–water partition coefficient (Wildman–Crippen LogP) is 3.76. The topological polar surface area (TPSA) is 49.7 Å². The summed E-state index contributed by atoms with van der Waals surface area (Å²) in [5.74, 6) is 0.815. The molecule has 0 atom stereocenters. The second-order valence-corrected chi connectivity index (χ2v) is 4.23. The van der Waals surface area contributed by atoms with E-state index in [1.807, 2.05) is 26.0 Å². The van der Waals surface area contributed by atoms with Crippen LogP contribution < -0.4 is 4.74 Å². The number of phenolic OH excluding ortho intramolecular Hbond substituents is 2. The summed E-state index contributed by atoms with van der Waals surface area (Å²) in [5.41, 5.74) is 1.98. The molecule has 2 aromatic carbocycles. The molecule has 2 rings (SSSR count). The normalized spacial score (nSPS) is 10.3. The third-order valence-corrected chi connectivity index (χ3v) is 2.77. The first-order chi connectivity index (χ1) is 8.60. The number of benzene rings is 2. The Hall–Kier alpha value is -2.16. The summed E-state index contributed by atoms with van der Waals surface area (Å²) in [6.07, 6.45) is 0.851. The van der Waals surface area contributed by atoms with Crippen molar-refractivity contribution < 1.29 is 14.9 Å². The zero-order valence-electron chi connectivity index (χ0n) is 10.5. The SMILES string of the molecule is CCc1ccc(Oc2ccc(C)cc2O)c(O)c1. The molecular formula is C15H16O3. The van der Waals surface area contributed by atoms with Gasteiger partial charge in [-0.3, -0.25) is 0 Å². The molecule has 0 bridgehead atoms. The number of phenols is 2. The van der Waals surface area contributed by atoms with Gasteiger partial charge in [-0.25, -0.2) is 0 Å². The average molecular weight is 244 g/mol. The van der Waals surface area contributed by atoms with E-state index in [4.69, 9.17) is 4.74 Å². The van der Waals surface area contributed by atoms with Gasteiger partial charge in [0, 0.05) is 0 Å². The Kier molecular flexibility index (Phi) is 3.42. The third-order valence-electron chi connectivity index (χ3n) is 2.77. The molecule has 3 heteroatoms. The van der Waals surface area contributed by atoms with Crippen molar-refractivity contribution in [3.63, 3.8) is 0 Å². The molecule has 0 saturated heterocycles. The van der Waals surface area contributed by atoms with Gasteiger partial charge in [0.2, 0.25) is 0 Å². The Balaban J connectivity index is 2.28. The second-order valence-electron chi connectivity index (χ2n) is 4.23. The summed E-state index contributed by atoms with van der Waals surface area (Å²) in [7, 11) is 0. The number of aryl methyl sites for hydroxylation is 2. The summed E-state index contributed by atoms with van der Waals surface area (Å²) < 4.78 is 5.49. The predicted molar refractivity (Wildman–Crippen MR) is 70.4 cm³/mol. The van der Waals surface area contributed by atoms with Gasteiger partial charge in [-0.15, -0.1) is 0 Å². The second kappa shape index (κ2) is 5.00. The number of hydrogen-bond donors (Lipinski definition) is 2. The maximum atomic E-state index is 9.82. The van der Waals surface area contributed by atoms with Crippen LogP contribution in [0, 0.1) is 6.92 Å². The Morgan fingerprint density at radius 3 is 2.11 bits per heavy atom. The summed E-state index contributed by atoms with van der Waals surface area (Å²) in [6, 6.07) is 10.4. The summed E-state index contributed by atoms with van der Waals surface area (Å²) in [4.78, 5) is 0. The van der Waals surface area contributed by atoms with Gasteiger partial charge < -0.3 is 14.9 Å². The molecule has 2 N–H and O–H groups in total. The molecule has 0 amide bonds. The van der Waals surface area contributed by atoms with Crippen molar-refractivity contribution in [2.75, 3.05) is 0 Å². The van der Waals surface area contributed by atoms with E-state index in [-0.39, 0.29) is 11.5 Å². The van der Waals surface area contributed by atoms with Crippen molar-refractivity contribution in [2.24, 2.45) is 0 Å². The lowest BCUT2D eigenvalue weighted by atomic mass is 10.1. The number of ether oxygens (including phenoxy) is 1. The zero-order chi connectivity index (χ0) is 13.1. The minimum absolute atomic E-state index is 0.0639. The molecule has 0 aliphatic rings. The first-order valence-corrected chi connectivity index (χ1v) is 5.89. The van der Waals surface area contributed by atoms with E-state index in [2.05, 4.69) is 0 Å². The minimum atomic E-state index is 0.0639. The number of hydrogen-bond acceptors (Lipinski definition) is 3. The Bertz CT molecular complexity index is 562. The molecule has 0 radical (unpaired) electrons. The molecule has 3 nitrogen and oxygen atoms in total. The van der Waals surface area contributed by atoms with E-state index in [1.165, 1.54) is 0 Å². The monoisotopic (exact) mass is 244 g/mol. The van der Waals surface area contributed by atoms with Crippen LogP contribution in [0.2, 0.25) is 0 Å². The van der Waals surface area contributed by atoms with Gasteiger partial charge in [-0.2, -0.15) is 0 Å². The summed E-state index contributed by atoms with van der Waals surface area (Å²) in [5, 5.41) is 19.6. The van der Waals surface area contributed by atoms with Crippen molar-refractivity contribution >= 4 is 0 Å². The van der Waals surface area contributed by atoms with Crippen LogP contribution in [0.4, 0.5) is 0 Å². The van der Waals surface area contributed by atoms with Crippen LogP contribution in [0.25, 0.3) is 0 Å². The first-order valence-electron chi connectivity index (χ1n) is 5.89. The lowest BCUT2D eigenvalue weighted by molar-refractivity contribution is 0.385. The van der Waals surface area contributed by atoms with Gasteiger partial charge in [0.25, 0.3) is 0 Å². The maximum absolute atomic E-state index is 9.82.